The molecule has 0 amide bonds. The summed E-state index contributed by atoms with van der Waals surface area (Å²) in [6.07, 6.45) is 4.15. The van der Waals surface area contributed by atoms with Gasteiger partial charge in [0.15, 0.2) is 0 Å². The quantitative estimate of drug-likeness (QED) is 0.692. The maximum absolute atomic E-state index is 13.2. The highest BCUT2D eigenvalue weighted by atomic mass is 79.9. The summed E-state index contributed by atoms with van der Waals surface area (Å²) < 4.78 is 18.8. The highest BCUT2D eigenvalue weighted by molar-refractivity contribution is 9.10. The van der Waals surface area contributed by atoms with Crippen molar-refractivity contribution in [1.29, 1.82) is 0 Å². The maximum Gasteiger partial charge on any atom is 0.137 e. The average molecular weight is 332 g/mol. The third kappa shape index (κ3) is 6.50. The SMILES string of the molecule is CCCNC(CCCOC)Cc1ccc(F)c(Br)c1. The summed E-state index contributed by atoms with van der Waals surface area (Å²) >= 11 is 3.24. The molecule has 1 unspecified atom stereocenters. The fraction of sp³-hybridized carbons (Fsp3) is 0.600. The van der Waals surface area contributed by atoms with E-state index in [2.05, 4.69) is 28.2 Å². The lowest BCUT2D eigenvalue weighted by molar-refractivity contribution is 0.188. The second-order valence-electron chi connectivity index (χ2n) is 4.74. The molecule has 0 aliphatic carbocycles. The minimum atomic E-state index is -0.207. The van der Waals surface area contributed by atoms with Crippen molar-refractivity contribution in [3.63, 3.8) is 0 Å². The molecule has 19 heavy (non-hydrogen) atoms. The van der Waals surface area contributed by atoms with Gasteiger partial charge in [0, 0.05) is 19.8 Å². The lowest BCUT2D eigenvalue weighted by Gasteiger charge is -2.18. The minimum Gasteiger partial charge on any atom is -0.385 e. The Morgan fingerprint density at radius 1 is 1.42 bits per heavy atom. The van der Waals surface area contributed by atoms with Crippen LogP contribution in [0.2, 0.25) is 0 Å². The van der Waals surface area contributed by atoms with Crippen LogP contribution in [-0.4, -0.2) is 26.3 Å². The van der Waals surface area contributed by atoms with Gasteiger partial charge in [-0.25, -0.2) is 4.39 Å². The van der Waals surface area contributed by atoms with Crippen molar-refractivity contribution in [2.75, 3.05) is 20.3 Å². The van der Waals surface area contributed by atoms with Crippen molar-refractivity contribution in [3.05, 3.63) is 34.1 Å². The number of benzene rings is 1. The van der Waals surface area contributed by atoms with Crippen LogP contribution in [-0.2, 0) is 11.2 Å². The molecule has 2 nitrogen and oxygen atoms in total. The van der Waals surface area contributed by atoms with Crippen LogP contribution in [0.25, 0.3) is 0 Å². The van der Waals surface area contributed by atoms with Crippen molar-refractivity contribution in [1.82, 2.24) is 5.32 Å². The van der Waals surface area contributed by atoms with E-state index in [1.54, 1.807) is 7.11 Å². The Balaban J connectivity index is 2.56. The summed E-state index contributed by atoms with van der Waals surface area (Å²) in [4.78, 5) is 0. The van der Waals surface area contributed by atoms with Gasteiger partial charge in [-0.05, 0) is 65.9 Å². The van der Waals surface area contributed by atoms with Crippen molar-refractivity contribution in [2.24, 2.45) is 0 Å². The van der Waals surface area contributed by atoms with Crippen LogP contribution in [0.15, 0.2) is 22.7 Å². The zero-order chi connectivity index (χ0) is 14.1. The van der Waals surface area contributed by atoms with Gasteiger partial charge in [0.05, 0.1) is 4.47 Å². The van der Waals surface area contributed by atoms with Crippen molar-refractivity contribution >= 4 is 15.9 Å². The number of halogens is 2. The van der Waals surface area contributed by atoms with Crippen molar-refractivity contribution in [2.45, 2.75) is 38.6 Å². The van der Waals surface area contributed by atoms with Gasteiger partial charge >= 0.3 is 0 Å². The molecule has 0 saturated carbocycles. The summed E-state index contributed by atoms with van der Waals surface area (Å²) in [6, 6.07) is 5.67. The maximum atomic E-state index is 13.2. The molecule has 0 aliphatic heterocycles. The van der Waals surface area contributed by atoms with Gasteiger partial charge in [0.25, 0.3) is 0 Å². The fourth-order valence-corrected chi connectivity index (χ4v) is 2.48. The lowest BCUT2D eigenvalue weighted by atomic mass is 10.0. The molecule has 0 aliphatic rings. The Morgan fingerprint density at radius 3 is 2.84 bits per heavy atom. The second-order valence-corrected chi connectivity index (χ2v) is 5.59. The van der Waals surface area contributed by atoms with Crippen LogP contribution in [0.4, 0.5) is 4.39 Å². The topological polar surface area (TPSA) is 21.3 Å². The van der Waals surface area contributed by atoms with E-state index in [1.165, 1.54) is 6.07 Å². The fourth-order valence-electron chi connectivity index (χ4n) is 2.05. The van der Waals surface area contributed by atoms with Gasteiger partial charge in [-0.15, -0.1) is 0 Å². The van der Waals surface area contributed by atoms with Gasteiger partial charge in [-0.1, -0.05) is 13.0 Å². The molecule has 1 aromatic carbocycles. The van der Waals surface area contributed by atoms with Crippen LogP contribution < -0.4 is 5.32 Å². The van der Waals surface area contributed by atoms with Gasteiger partial charge in [0.2, 0.25) is 0 Å². The van der Waals surface area contributed by atoms with Gasteiger partial charge < -0.3 is 10.1 Å². The van der Waals surface area contributed by atoms with Crippen LogP contribution in [0.3, 0.4) is 0 Å². The standard InChI is InChI=1S/C15H23BrFNO/c1-3-8-18-13(5-4-9-19-2)10-12-6-7-15(17)14(16)11-12/h6-7,11,13,18H,3-5,8-10H2,1-2H3. The summed E-state index contributed by atoms with van der Waals surface area (Å²) in [5.74, 6) is -0.207. The Kier molecular flexibility index (Phi) is 8.26. The second kappa shape index (κ2) is 9.45. The van der Waals surface area contributed by atoms with Crippen LogP contribution in [0, 0.1) is 5.82 Å². The predicted molar refractivity (Wildman–Crippen MR) is 81.0 cm³/mol. The normalized spacial score (nSPS) is 12.6. The first-order valence-electron chi connectivity index (χ1n) is 6.83. The molecule has 0 spiro atoms. The Bertz CT molecular complexity index is 373. The highest BCUT2D eigenvalue weighted by Crippen LogP contribution is 2.18. The van der Waals surface area contributed by atoms with Crippen LogP contribution >= 0.6 is 15.9 Å². The number of ether oxygens (including phenoxy) is 1. The molecule has 1 aromatic rings. The molecule has 0 aromatic heterocycles. The minimum absolute atomic E-state index is 0.207. The number of methoxy groups -OCH3 is 1. The molecule has 1 rings (SSSR count). The molecule has 0 saturated heterocycles. The number of hydrogen-bond acceptors (Lipinski definition) is 2. The smallest absolute Gasteiger partial charge is 0.137 e. The first-order valence-corrected chi connectivity index (χ1v) is 7.63. The largest absolute Gasteiger partial charge is 0.385 e. The Labute approximate surface area is 123 Å². The van der Waals surface area contributed by atoms with E-state index in [0.29, 0.717) is 10.5 Å². The molecule has 0 radical (unpaired) electrons. The number of hydrogen-bond donors (Lipinski definition) is 1. The Morgan fingerprint density at radius 2 is 2.21 bits per heavy atom. The highest BCUT2D eigenvalue weighted by Gasteiger charge is 2.10. The van der Waals surface area contributed by atoms with E-state index in [9.17, 15) is 4.39 Å². The molecule has 0 heterocycles. The summed E-state index contributed by atoms with van der Waals surface area (Å²) in [7, 11) is 1.73. The molecular formula is C15H23BrFNO. The summed E-state index contributed by atoms with van der Waals surface area (Å²) in [6.45, 7) is 3.96. The number of rotatable bonds is 9. The van der Waals surface area contributed by atoms with E-state index in [1.807, 2.05) is 12.1 Å². The van der Waals surface area contributed by atoms with E-state index < -0.39 is 0 Å². The summed E-state index contributed by atoms with van der Waals surface area (Å²) in [5.41, 5.74) is 1.15. The van der Waals surface area contributed by atoms with E-state index in [-0.39, 0.29) is 5.82 Å². The van der Waals surface area contributed by atoms with Gasteiger partial charge in [-0.2, -0.15) is 0 Å². The first kappa shape index (κ1) is 16.6. The molecule has 108 valence electrons. The molecular weight excluding hydrogens is 309 g/mol. The molecule has 4 heteroatoms. The molecule has 1 N–H and O–H groups in total. The Hall–Kier alpha value is -0.450. The van der Waals surface area contributed by atoms with Crippen molar-refractivity contribution < 1.29 is 9.13 Å². The van der Waals surface area contributed by atoms with E-state index >= 15 is 0 Å². The molecule has 0 bridgehead atoms. The monoisotopic (exact) mass is 331 g/mol. The van der Waals surface area contributed by atoms with Crippen LogP contribution in [0.1, 0.15) is 31.7 Å². The van der Waals surface area contributed by atoms with Gasteiger partial charge in [-0.3, -0.25) is 0 Å². The third-order valence-electron chi connectivity index (χ3n) is 3.05. The molecule has 1 atom stereocenters. The summed E-state index contributed by atoms with van der Waals surface area (Å²) in [5, 5.41) is 3.55. The molecule has 0 fully saturated rings. The van der Waals surface area contributed by atoms with Gasteiger partial charge in [0.1, 0.15) is 5.82 Å². The average Bonchev–Trinajstić information content (AvgIpc) is 2.40. The number of nitrogens with one attached hydrogen (secondary N) is 1. The van der Waals surface area contributed by atoms with E-state index in [4.69, 9.17) is 4.74 Å². The van der Waals surface area contributed by atoms with E-state index in [0.717, 1.165) is 44.4 Å². The zero-order valence-electron chi connectivity index (χ0n) is 11.7. The first-order chi connectivity index (χ1) is 9.17. The van der Waals surface area contributed by atoms with Crippen LogP contribution in [0.5, 0.6) is 0 Å². The third-order valence-corrected chi connectivity index (χ3v) is 3.66. The zero-order valence-corrected chi connectivity index (χ0v) is 13.3. The van der Waals surface area contributed by atoms with Crippen molar-refractivity contribution in [3.8, 4) is 0 Å². The predicted octanol–water partition coefficient (Wildman–Crippen LogP) is 3.93. The lowest BCUT2D eigenvalue weighted by Crippen LogP contribution is -2.32.